The molecule has 0 radical (unpaired) electrons. The second kappa shape index (κ2) is 11.3. The van der Waals surface area contributed by atoms with Crippen molar-refractivity contribution in [3.63, 3.8) is 0 Å². The number of piperazine rings is 1. The van der Waals surface area contributed by atoms with E-state index in [2.05, 4.69) is 55.4 Å². The Balaban J connectivity index is 1.41. The molecule has 0 bridgehead atoms. The van der Waals surface area contributed by atoms with E-state index in [0.717, 1.165) is 48.9 Å². The molecule has 0 aliphatic carbocycles. The number of ether oxygens (including phenoxy) is 1. The van der Waals surface area contributed by atoms with Crippen molar-refractivity contribution in [2.24, 2.45) is 0 Å². The molecule has 35 heavy (non-hydrogen) atoms. The highest BCUT2D eigenvalue weighted by molar-refractivity contribution is 5.98. The highest BCUT2D eigenvalue weighted by Crippen LogP contribution is 2.32. The zero-order valence-corrected chi connectivity index (χ0v) is 20.1. The number of anilines is 5. The summed E-state index contributed by atoms with van der Waals surface area (Å²) >= 11 is 0. The molecule has 0 unspecified atom stereocenters. The van der Waals surface area contributed by atoms with Crippen LogP contribution in [0.4, 0.5) is 28.8 Å². The van der Waals surface area contributed by atoms with Gasteiger partial charge < -0.3 is 30.5 Å². The Morgan fingerprint density at radius 3 is 2.74 bits per heavy atom. The summed E-state index contributed by atoms with van der Waals surface area (Å²) in [5.74, 6) is 1.64. The third-order valence-corrected chi connectivity index (χ3v) is 5.81. The summed E-state index contributed by atoms with van der Waals surface area (Å²) in [6, 6.07) is 15.6. The Morgan fingerprint density at radius 1 is 1.14 bits per heavy atom. The maximum absolute atomic E-state index is 11.5. The van der Waals surface area contributed by atoms with Gasteiger partial charge >= 0.3 is 0 Å². The Morgan fingerprint density at radius 2 is 1.97 bits per heavy atom. The topological polar surface area (TPSA) is 94.6 Å². The van der Waals surface area contributed by atoms with E-state index in [-0.39, 0.29) is 5.91 Å². The number of nitrogens with zero attached hydrogens (tertiary/aromatic N) is 4. The Kier molecular flexibility index (Phi) is 7.79. The van der Waals surface area contributed by atoms with Gasteiger partial charge in [0, 0.05) is 56.4 Å². The molecule has 9 nitrogen and oxygen atoms in total. The molecule has 182 valence electrons. The van der Waals surface area contributed by atoms with Crippen LogP contribution in [0.3, 0.4) is 0 Å². The average molecular weight is 474 g/mol. The number of rotatable bonds is 9. The van der Waals surface area contributed by atoms with Gasteiger partial charge in [-0.05, 0) is 49.0 Å². The first-order valence-electron chi connectivity index (χ1n) is 11.5. The number of amides is 1. The fraction of sp³-hybridized carbons (Fsp3) is 0.269. The number of aromatic nitrogens is 2. The summed E-state index contributed by atoms with van der Waals surface area (Å²) in [6.45, 7) is 8.09. The third-order valence-electron chi connectivity index (χ3n) is 5.81. The Labute approximate surface area is 205 Å². The van der Waals surface area contributed by atoms with E-state index in [0.29, 0.717) is 24.0 Å². The minimum Gasteiger partial charge on any atom is -0.494 e. The van der Waals surface area contributed by atoms with Gasteiger partial charge in [-0.25, -0.2) is 4.98 Å². The van der Waals surface area contributed by atoms with Gasteiger partial charge in [0.2, 0.25) is 11.9 Å². The second-order valence-corrected chi connectivity index (χ2v) is 8.31. The monoisotopic (exact) mass is 473 g/mol. The van der Waals surface area contributed by atoms with E-state index in [1.807, 2.05) is 42.5 Å². The molecule has 3 N–H and O–H groups in total. The quantitative estimate of drug-likeness (QED) is 0.405. The summed E-state index contributed by atoms with van der Waals surface area (Å²) in [5.41, 5.74) is 3.66. The minimum atomic E-state index is -0.242. The normalized spacial score (nSPS) is 13.7. The van der Waals surface area contributed by atoms with Crippen molar-refractivity contribution in [1.29, 1.82) is 0 Å². The minimum absolute atomic E-state index is 0.242. The molecule has 2 aromatic carbocycles. The smallest absolute Gasteiger partial charge is 0.247 e. The van der Waals surface area contributed by atoms with Crippen molar-refractivity contribution < 1.29 is 9.53 Å². The van der Waals surface area contributed by atoms with Crippen LogP contribution in [-0.4, -0.2) is 61.1 Å². The zero-order chi connectivity index (χ0) is 24.6. The summed E-state index contributed by atoms with van der Waals surface area (Å²) < 4.78 is 5.65. The van der Waals surface area contributed by atoms with E-state index in [1.165, 1.54) is 6.08 Å². The fourth-order valence-corrected chi connectivity index (χ4v) is 3.83. The van der Waals surface area contributed by atoms with Crippen LogP contribution < -0.4 is 25.6 Å². The molecule has 1 amide bonds. The van der Waals surface area contributed by atoms with Crippen molar-refractivity contribution in [1.82, 2.24) is 14.9 Å². The van der Waals surface area contributed by atoms with E-state index >= 15 is 0 Å². The van der Waals surface area contributed by atoms with Gasteiger partial charge in [-0.1, -0.05) is 18.7 Å². The number of benzene rings is 2. The molecule has 4 rings (SSSR count). The molecule has 1 aromatic heterocycles. The number of likely N-dealkylation sites (N-methyl/N-ethyl adjacent to an activating group) is 1. The van der Waals surface area contributed by atoms with Crippen LogP contribution in [0.1, 0.15) is 5.56 Å². The summed E-state index contributed by atoms with van der Waals surface area (Å²) in [5, 5.41) is 9.33. The number of carbonyl (C=O) groups excluding carboxylic acids is 1. The molecular weight excluding hydrogens is 442 g/mol. The number of hydrogen-bond acceptors (Lipinski definition) is 8. The van der Waals surface area contributed by atoms with Crippen molar-refractivity contribution in [3.05, 3.63) is 72.9 Å². The molecule has 1 fully saturated rings. The predicted octanol–water partition coefficient (Wildman–Crippen LogP) is 3.72. The molecule has 1 saturated heterocycles. The summed E-state index contributed by atoms with van der Waals surface area (Å²) in [7, 11) is 3.81. The summed E-state index contributed by atoms with van der Waals surface area (Å²) in [4.78, 5) is 25.2. The van der Waals surface area contributed by atoms with Crippen LogP contribution in [0.5, 0.6) is 5.75 Å². The molecule has 9 heteroatoms. The third kappa shape index (κ3) is 6.48. The Bertz CT molecular complexity index is 1180. The SMILES string of the molecule is C=CC(=O)Nc1cccc(CNc2ccnc(Nc3ccc(N4CCN(C)CC4)cc3OC)n2)c1. The van der Waals surface area contributed by atoms with Crippen molar-refractivity contribution in [3.8, 4) is 5.75 Å². The first kappa shape index (κ1) is 24.0. The first-order valence-corrected chi connectivity index (χ1v) is 11.5. The molecule has 0 saturated carbocycles. The highest BCUT2D eigenvalue weighted by Gasteiger charge is 2.16. The number of nitrogens with one attached hydrogen (secondary N) is 3. The highest BCUT2D eigenvalue weighted by atomic mass is 16.5. The lowest BCUT2D eigenvalue weighted by molar-refractivity contribution is -0.111. The zero-order valence-electron chi connectivity index (χ0n) is 20.1. The fourth-order valence-electron chi connectivity index (χ4n) is 3.83. The van der Waals surface area contributed by atoms with Crippen molar-refractivity contribution in [2.45, 2.75) is 6.54 Å². The van der Waals surface area contributed by atoms with Crippen LogP contribution in [-0.2, 0) is 11.3 Å². The molecular formula is C26H31N7O2. The molecule has 1 aliphatic rings. The molecule has 3 aromatic rings. The lowest BCUT2D eigenvalue weighted by Gasteiger charge is -2.34. The van der Waals surface area contributed by atoms with E-state index in [4.69, 9.17) is 4.74 Å². The Hall–Kier alpha value is -4.11. The lowest BCUT2D eigenvalue weighted by atomic mass is 10.2. The van der Waals surface area contributed by atoms with Gasteiger partial charge in [-0.2, -0.15) is 4.98 Å². The van der Waals surface area contributed by atoms with Gasteiger partial charge in [-0.15, -0.1) is 0 Å². The average Bonchev–Trinajstić information content (AvgIpc) is 2.88. The van der Waals surface area contributed by atoms with Gasteiger partial charge in [0.25, 0.3) is 0 Å². The second-order valence-electron chi connectivity index (χ2n) is 8.31. The molecule has 0 spiro atoms. The van der Waals surface area contributed by atoms with Crippen LogP contribution in [0.25, 0.3) is 0 Å². The molecule has 2 heterocycles. The van der Waals surface area contributed by atoms with Gasteiger partial charge in [-0.3, -0.25) is 4.79 Å². The van der Waals surface area contributed by atoms with E-state index < -0.39 is 0 Å². The lowest BCUT2D eigenvalue weighted by Crippen LogP contribution is -2.44. The van der Waals surface area contributed by atoms with Gasteiger partial charge in [0.1, 0.15) is 11.6 Å². The molecule has 1 aliphatic heterocycles. The molecule has 0 atom stereocenters. The maximum Gasteiger partial charge on any atom is 0.247 e. The number of methoxy groups -OCH3 is 1. The van der Waals surface area contributed by atoms with Crippen molar-refractivity contribution >= 4 is 34.7 Å². The van der Waals surface area contributed by atoms with Crippen LogP contribution in [0.2, 0.25) is 0 Å². The van der Waals surface area contributed by atoms with Gasteiger partial charge in [0.05, 0.1) is 12.8 Å². The van der Waals surface area contributed by atoms with Gasteiger partial charge in [0.15, 0.2) is 0 Å². The summed E-state index contributed by atoms with van der Waals surface area (Å²) in [6.07, 6.45) is 2.94. The van der Waals surface area contributed by atoms with Crippen LogP contribution in [0, 0.1) is 0 Å². The predicted molar refractivity (Wildman–Crippen MR) is 141 cm³/mol. The number of carbonyl (C=O) groups is 1. The van der Waals surface area contributed by atoms with E-state index in [1.54, 1.807) is 13.3 Å². The largest absolute Gasteiger partial charge is 0.494 e. The van der Waals surface area contributed by atoms with E-state index in [9.17, 15) is 4.79 Å². The first-order chi connectivity index (χ1) is 17.0. The number of hydrogen-bond donors (Lipinski definition) is 3. The van der Waals surface area contributed by atoms with Crippen LogP contribution in [0.15, 0.2) is 67.4 Å². The van der Waals surface area contributed by atoms with Crippen molar-refractivity contribution in [2.75, 3.05) is 61.2 Å². The van der Waals surface area contributed by atoms with Crippen LogP contribution >= 0.6 is 0 Å². The maximum atomic E-state index is 11.5. The standard InChI is InChI=1S/C26H31N7O2/c1-4-25(34)29-20-7-5-6-19(16-20)18-28-24-10-11-27-26(31-24)30-22-9-8-21(17-23(22)35-3)33-14-12-32(2)13-15-33/h4-11,16-17H,1,12-15,18H2,2-3H3,(H,29,34)(H2,27,28,30,31).